The van der Waals surface area contributed by atoms with E-state index >= 15 is 0 Å². The number of rotatable bonds is 6. The second-order valence-corrected chi connectivity index (χ2v) is 6.32. The Balaban J connectivity index is 2.12. The third kappa shape index (κ3) is 4.59. The van der Waals surface area contributed by atoms with E-state index in [2.05, 4.69) is 52.4 Å². The molecule has 7 nitrogen and oxygen atoms in total. The summed E-state index contributed by atoms with van der Waals surface area (Å²) in [6.45, 7) is 10.3. The second kappa shape index (κ2) is 7.99. The maximum absolute atomic E-state index is 5.09. The number of nitrogens with zero attached hydrogens (tertiary/aromatic N) is 5. The van der Waals surface area contributed by atoms with Crippen LogP contribution >= 0.6 is 0 Å². The van der Waals surface area contributed by atoms with E-state index in [0.29, 0.717) is 12.5 Å². The summed E-state index contributed by atoms with van der Waals surface area (Å²) in [6, 6.07) is 1.91. The fourth-order valence-electron chi connectivity index (χ4n) is 2.61. The maximum Gasteiger partial charge on any atom is 0.194 e. The summed E-state index contributed by atoms with van der Waals surface area (Å²) in [7, 11) is 3.99. The van der Waals surface area contributed by atoms with Gasteiger partial charge in [0.05, 0.1) is 12.2 Å². The predicted octanol–water partition coefficient (Wildman–Crippen LogP) is 2.44. The van der Waals surface area contributed by atoms with Gasteiger partial charge in [-0.1, -0.05) is 19.0 Å². The van der Waals surface area contributed by atoms with Crippen LogP contribution in [0.1, 0.15) is 49.4 Å². The number of aromatic nitrogens is 3. The van der Waals surface area contributed by atoms with Crippen LogP contribution in [0.4, 0.5) is 0 Å². The topological polar surface area (TPSA) is 71.5 Å². The maximum atomic E-state index is 5.09. The zero-order chi connectivity index (χ0) is 17.7. The molecule has 0 fully saturated rings. The van der Waals surface area contributed by atoms with Crippen LogP contribution in [0.3, 0.4) is 0 Å². The third-order valence-corrected chi connectivity index (χ3v) is 3.66. The molecule has 0 bridgehead atoms. The Hall–Kier alpha value is -2.31. The molecular formula is C17H28N6O. The molecule has 2 heterocycles. The summed E-state index contributed by atoms with van der Waals surface area (Å²) in [4.78, 5) is 6.77. The van der Waals surface area contributed by atoms with Crippen LogP contribution in [0.2, 0.25) is 0 Å². The molecule has 132 valence electrons. The summed E-state index contributed by atoms with van der Waals surface area (Å²) >= 11 is 0. The summed E-state index contributed by atoms with van der Waals surface area (Å²) in [5, 5.41) is 11.9. The highest BCUT2D eigenvalue weighted by atomic mass is 16.5. The summed E-state index contributed by atoms with van der Waals surface area (Å²) < 4.78 is 6.97. The Morgan fingerprint density at radius 2 is 2.21 bits per heavy atom. The predicted molar refractivity (Wildman–Crippen MR) is 94.8 cm³/mol. The fourth-order valence-corrected chi connectivity index (χ4v) is 2.61. The Morgan fingerprint density at radius 3 is 2.79 bits per heavy atom. The number of guanidine groups is 1. The normalized spacial score (nSPS) is 12.0. The van der Waals surface area contributed by atoms with Crippen molar-refractivity contribution in [2.75, 3.05) is 13.6 Å². The first-order valence-electron chi connectivity index (χ1n) is 8.34. The Labute approximate surface area is 143 Å². The molecule has 0 radical (unpaired) electrons. The zero-order valence-electron chi connectivity index (χ0n) is 15.5. The largest absolute Gasteiger partial charge is 0.361 e. The lowest BCUT2D eigenvalue weighted by molar-refractivity contribution is 0.390. The van der Waals surface area contributed by atoms with E-state index < -0.39 is 0 Å². The van der Waals surface area contributed by atoms with Crippen molar-refractivity contribution in [1.82, 2.24) is 25.2 Å². The molecule has 0 amide bonds. The Bertz CT molecular complexity index is 685. The van der Waals surface area contributed by atoms with E-state index in [1.54, 1.807) is 0 Å². The van der Waals surface area contributed by atoms with Gasteiger partial charge in [-0.25, -0.2) is 4.99 Å². The van der Waals surface area contributed by atoms with Crippen LogP contribution in [0.5, 0.6) is 0 Å². The molecule has 1 N–H and O–H groups in total. The number of hydrogen-bond acceptors (Lipinski definition) is 4. The van der Waals surface area contributed by atoms with Crippen molar-refractivity contribution in [1.29, 1.82) is 0 Å². The van der Waals surface area contributed by atoms with E-state index in [4.69, 9.17) is 4.52 Å². The van der Waals surface area contributed by atoms with Gasteiger partial charge in [0.15, 0.2) is 5.96 Å². The molecule has 0 aliphatic heterocycles. The quantitative estimate of drug-likeness (QED) is 0.650. The zero-order valence-corrected chi connectivity index (χ0v) is 15.5. The molecular weight excluding hydrogens is 304 g/mol. The average molecular weight is 332 g/mol. The second-order valence-electron chi connectivity index (χ2n) is 6.32. The van der Waals surface area contributed by atoms with Gasteiger partial charge in [-0.2, -0.15) is 5.10 Å². The van der Waals surface area contributed by atoms with Gasteiger partial charge in [0.1, 0.15) is 11.5 Å². The van der Waals surface area contributed by atoms with E-state index in [-0.39, 0.29) is 0 Å². The molecule has 0 aliphatic rings. The van der Waals surface area contributed by atoms with Crippen molar-refractivity contribution in [3.8, 4) is 0 Å². The van der Waals surface area contributed by atoms with E-state index in [0.717, 1.165) is 36.2 Å². The van der Waals surface area contributed by atoms with Gasteiger partial charge in [-0.05, 0) is 19.8 Å². The molecule has 0 aliphatic carbocycles. The van der Waals surface area contributed by atoms with Gasteiger partial charge in [0.2, 0.25) is 0 Å². The highest BCUT2D eigenvalue weighted by Crippen LogP contribution is 2.18. The minimum absolute atomic E-state index is 0.396. The standard InChI is InChI=1S/C17H28N6O/c1-7-18-17(19-9-15-8-13(4)24-21-15)22(5)10-14-11-23(6)20-16(14)12(2)3/h8,11-12H,7,9-10H2,1-6H3,(H,18,19). The lowest BCUT2D eigenvalue weighted by Crippen LogP contribution is -2.38. The van der Waals surface area contributed by atoms with Crippen LogP contribution in [-0.2, 0) is 20.1 Å². The number of aliphatic imine (C=N–C) groups is 1. The van der Waals surface area contributed by atoms with E-state index in [9.17, 15) is 0 Å². The highest BCUT2D eigenvalue weighted by Gasteiger charge is 2.15. The van der Waals surface area contributed by atoms with Crippen molar-refractivity contribution in [3.05, 3.63) is 35.0 Å². The highest BCUT2D eigenvalue weighted by molar-refractivity contribution is 5.79. The van der Waals surface area contributed by atoms with E-state index in [1.807, 2.05) is 31.8 Å². The van der Waals surface area contributed by atoms with E-state index in [1.165, 1.54) is 5.56 Å². The first-order chi connectivity index (χ1) is 11.4. The molecule has 0 saturated carbocycles. The molecule has 0 aromatic carbocycles. The van der Waals surface area contributed by atoms with Gasteiger partial charge < -0.3 is 14.7 Å². The molecule has 7 heteroatoms. The van der Waals surface area contributed by atoms with Crippen LogP contribution in [0, 0.1) is 6.92 Å². The molecule has 0 unspecified atom stereocenters. The summed E-state index contributed by atoms with van der Waals surface area (Å²) in [6.07, 6.45) is 2.08. The molecule has 0 spiro atoms. The monoisotopic (exact) mass is 332 g/mol. The van der Waals surface area contributed by atoms with Crippen molar-refractivity contribution < 1.29 is 4.52 Å². The van der Waals surface area contributed by atoms with Crippen LogP contribution in [0.25, 0.3) is 0 Å². The summed E-state index contributed by atoms with van der Waals surface area (Å²) in [5.74, 6) is 2.04. The average Bonchev–Trinajstić information content (AvgIpc) is 3.09. The first kappa shape index (κ1) is 18.0. The first-order valence-corrected chi connectivity index (χ1v) is 8.34. The Kier molecular flexibility index (Phi) is 6.00. The van der Waals surface area contributed by atoms with Gasteiger partial charge in [0.25, 0.3) is 0 Å². The fraction of sp³-hybridized carbons (Fsp3) is 0.588. The molecule has 2 aromatic rings. The third-order valence-electron chi connectivity index (χ3n) is 3.66. The van der Waals surface area contributed by atoms with Crippen LogP contribution in [0.15, 0.2) is 21.8 Å². The van der Waals surface area contributed by atoms with Gasteiger partial charge >= 0.3 is 0 Å². The SMILES string of the molecule is CCNC(=NCc1cc(C)on1)N(C)Cc1cn(C)nc1C(C)C. The van der Waals surface area contributed by atoms with Gasteiger partial charge in [0, 0.05) is 45.0 Å². The molecule has 0 atom stereocenters. The van der Waals surface area contributed by atoms with Crippen molar-refractivity contribution in [2.24, 2.45) is 12.0 Å². The summed E-state index contributed by atoms with van der Waals surface area (Å²) in [5.41, 5.74) is 3.19. The lowest BCUT2D eigenvalue weighted by atomic mass is 10.1. The molecule has 0 saturated heterocycles. The smallest absolute Gasteiger partial charge is 0.194 e. The lowest BCUT2D eigenvalue weighted by Gasteiger charge is -2.22. The minimum Gasteiger partial charge on any atom is -0.361 e. The van der Waals surface area contributed by atoms with Crippen molar-refractivity contribution >= 4 is 5.96 Å². The Morgan fingerprint density at radius 1 is 1.46 bits per heavy atom. The van der Waals surface area contributed by atoms with Crippen molar-refractivity contribution in [2.45, 2.75) is 46.7 Å². The molecule has 2 aromatic heterocycles. The minimum atomic E-state index is 0.396. The van der Waals surface area contributed by atoms with Gasteiger partial charge in [-0.3, -0.25) is 4.68 Å². The van der Waals surface area contributed by atoms with Gasteiger partial charge in [-0.15, -0.1) is 0 Å². The van der Waals surface area contributed by atoms with Crippen LogP contribution in [-0.4, -0.2) is 39.4 Å². The van der Waals surface area contributed by atoms with Crippen molar-refractivity contribution in [3.63, 3.8) is 0 Å². The number of nitrogens with one attached hydrogen (secondary N) is 1. The van der Waals surface area contributed by atoms with Crippen LogP contribution < -0.4 is 5.32 Å². The molecule has 2 rings (SSSR count). The number of hydrogen-bond donors (Lipinski definition) is 1. The molecule has 24 heavy (non-hydrogen) atoms. The number of aryl methyl sites for hydroxylation is 2.